The van der Waals surface area contributed by atoms with Gasteiger partial charge in [-0.3, -0.25) is 9.89 Å². The zero-order valence-corrected chi connectivity index (χ0v) is 9.42. The lowest BCUT2D eigenvalue weighted by Crippen LogP contribution is -2.13. The van der Waals surface area contributed by atoms with E-state index in [0.29, 0.717) is 11.3 Å². The van der Waals surface area contributed by atoms with Crippen LogP contribution >= 0.6 is 0 Å². The molecule has 2 aromatic heterocycles. The van der Waals surface area contributed by atoms with E-state index in [9.17, 15) is 4.79 Å². The second kappa shape index (κ2) is 3.96. The number of hydrogen-bond donors (Lipinski definition) is 2. The Morgan fingerprint density at radius 2 is 2.11 bits per heavy atom. The molecule has 0 aliphatic rings. The molecule has 0 unspecified atom stereocenters. The largest absolute Gasteiger partial charge is 0.366 e. The van der Waals surface area contributed by atoms with Crippen LogP contribution in [-0.4, -0.2) is 21.1 Å². The molecule has 0 spiro atoms. The molecular weight excluding hydrogens is 228 g/mol. The molecule has 18 heavy (non-hydrogen) atoms. The molecule has 3 rings (SSSR count). The maximum atomic E-state index is 11.5. The molecule has 1 aromatic carbocycles. The van der Waals surface area contributed by atoms with Crippen molar-refractivity contribution >= 4 is 16.8 Å². The van der Waals surface area contributed by atoms with Crippen LogP contribution in [0.25, 0.3) is 22.2 Å². The number of fused-ring (bicyclic) bond motifs is 1. The van der Waals surface area contributed by atoms with Gasteiger partial charge >= 0.3 is 0 Å². The van der Waals surface area contributed by atoms with E-state index in [0.717, 1.165) is 16.5 Å². The van der Waals surface area contributed by atoms with Gasteiger partial charge in [0, 0.05) is 17.1 Å². The molecule has 0 saturated carbocycles. The van der Waals surface area contributed by atoms with Crippen LogP contribution < -0.4 is 5.73 Å². The summed E-state index contributed by atoms with van der Waals surface area (Å²) in [4.78, 5) is 16.0. The molecule has 5 nitrogen and oxygen atoms in total. The van der Waals surface area contributed by atoms with Crippen molar-refractivity contribution in [2.45, 2.75) is 0 Å². The summed E-state index contributed by atoms with van der Waals surface area (Å²) in [6.45, 7) is 0. The van der Waals surface area contributed by atoms with Crippen LogP contribution in [0.4, 0.5) is 0 Å². The van der Waals surface area contributed by atoms with Gasteiger partial charge in [-0.1, -0.05) is 18.2 Å². The van der Waals surface area contributed by atoms with Gasteiger partial charge in [0.05, 0.1) is 23.0 Å². The zero-order valence-electron chi connectivity index (χ0n) is 9.42. The molecule has 0 aliphatic heterocycles. The lowest BCUT2D eigenvalue weighted by molar-refractivity contribution is 0.100. The molecule has 0 atom stereocenters. The number of carbonyl (C=O) groups is 1. The summed E-state index contributed by atoms with van der Waals surface area (Å²) in [7, 11) is 0. The van der Waals surface area contributed by atoms with Gasteiger partial charge in [-0.05, 0) is 12.1 Å². The number of benzene rings is 1. The lowest BCUT2D eigenvalue weighted by Gasteiger charge is -2.06. The highest BCUT2D eigenvalue weighted by Crippen LogP contribution is 2.24. The van der Waals surface area contributed by atoms with Crippen LogP contribution in [0.1, 0.15) is 10.4 Å². The molecule has 1 amide bonds. The summed E-state index contributed by atoms with van der Waals surface area (Å²) in [5, 5.41) is 7.45. The van der Waals surface area contributed by atoms with Crippen molar-refractivity contribution in [3.63, 3.8) is 0 Å². The highest BCUT2D eigenvalue weighted by atomic mass is 16.1. The number of pyridine rings is 1. The van der Waals surface area contributed by atoms with E-state index in [1.807, 2.05) is 24.3 Å². The molecule has 3 aromatic rings. The molecule has 88 valence electrons. The summed E-state index contributed by atoms with van der Waals surface area (Å²) in [6, 6.07) is 9.34. The van der Waals surface area contributed by atoms with E-state index >= 15 is 0 Å². The number of carbonyl (C=O) groups excluding carboxylic acids is 1. The van der Waals surface area contributed by atoms with E-state index in [4.69, 9.17) is 5.73 Å². The topological polar surface area (TPSA) is 84.7 Å². The Hall–Kier alpha value is -2.69. The summed E-state index contributed by atoms with van der Waals surface area (Å²) >= 11 is 0. The van der Waals surface area contributed by atoms with Crippen molar-refractivity contribution in [3.05, 3.63) is 48.3 Å². The second-order valence-corrected chi connectivity index (χ2v) is 3.93. The number of para-hydroxylation sites is 1. The maximum absolute atomic E-state index is 11.5. The van der Waals surface area contributed by atoms with Crippen LogP contribution in [-0.2, 0) is 0 Å². The van der Waals surface area contributed by atoms with Crippen LogP contribution in [0.2, 0.25) is 0 Å². The van der Waals surface area contributed by atoms with E-state index in [1.54, 1.807) is 18.5 Å². The number of nitrogens with two attached hydrogens (primary N) is 1. The highest BCUT2D eigenvalue weighted by molar-refractivity contribution is 6.02. The number of aromatic amines is 1. The fourth-order valence-electron chi connectivity index (χ4n) is 1.90. The Balaban J connectivity index is 2.34. The van der Waals surface area contributed by atoms with Gasteiger partial charge < -0.3 is 5.73 Å². The number of nitrogens with one attached hydrogen (secondary N) is 1. The maximum Gasteiger partial charge on any atom is 0.250 e. The number of rotatable bonds is 2. The normalized spacial score (nSPS) is 10.7. The average molecular weight is 238 g/mol. The minimum atomic E-state index is -0.496. The van der Waals surface area contributed by atoms with Crippen LogP contribution in [0.5, 0.6) is 0 Å². The number of primary amides is 1. The minimum absolute atomic E-state index is 0.398. The van der Waals surface area contributed by atoms with E-state index in [-0.39, 0.29) is 0 Å². The third-order valence-corrected chi connectivity index (χ3v) is 2.76. The minimum Gasteiger partial charge on any atom is -0.366 e. The number of amides is 1. The molecule has 0 bridgehead atoms. The van der Waals surface area contributed by atoms with Gasteiger partial charge in [-0.2, -0.15) is 5.10 Å². The fourth-order valence-corrected chi connectivity index (χ4v) is 1.90. The first-order valence-corrected chi connectivity index (χ1v) is 5.44. The Morgan fingerprint density at radius 1 is 1.28 bits per heavy atom. The Labute approximate surface area is 103 Å². The lowest BCUT2D eigenvalue weighted by atomic mass is 10.1. The number of H-pyrrole nitrogens is 1. The second-order valence-electron chi connectivity index (χ2n) is 3.93. The summed E-state index contributed by atoms with van der Waals surface area (Å²) in [5.41, 5.74) is 7.91. The highest BCUT2D eigenvalue weighted by Gasteiger charge is 2.13. The fraction of sp³-hybridized carbons (Fsp3) is 0. The summed E-state index contributed by atoms with van der Waals surface area (Å²) in [5.74, 6) is -0.496. The van der Waals surface area contributed by atoms with E-state index in [2.05, 4.69) is 15.2 Å². The Morgan fingerprint density at radius 3 is 2.83 bits per heavy atom. The van der Waals surface area contributed by atoms with Gasteiger partial charge in [0.2, 0.25) is 0 Å². The SMILES string of the molecule is NC(=O)c1cc2ccccc2nc1-c1cn[nH]c1. The van der Waals surface area contributed by atoms with Gasteiger partial charge in [-0.15, -0.1) is 0 Å². The first-order chi connectivity index (χ1) is 8.75. The van der Waals surface area contributed by atoms with Gasteiger partial charge in [0.15, 0.2) is 0 Å². The average Bonchev–Trinajstić information content (AvgIpc) is 2.91. The number of nitrogens with zero attached hydrogens (tertiary/aromatic N) is 2. The van der Waals surface area contributed by atoms with Crippen molar-refractivity contribution in [1.82, 2.24) is 15.2 Å². The third kappa shape index (κ3) is 1.62. The predicted molar refractivity (Wildman–Crippen MR) is 67.8 cm³/mol. The van der Waals surface area contributed by atoms with Crippen molar-refractivity contribution in [2.24, 2.45) is 5.73 Å². The van der Waals surface area contributed by atoms with Gasteiger partial charge in [0.25, 0.3) is 5.91 Å². The number of hydrogen-bond acceptors (Lipinski definition) is 3. The van der Waals surface area contributed by atoms with Gasteiger partial charge in [-0.25, -0.2) is 4.98 Å². The van der Waals surface area contributed by atoms with Crippen molar-refractivity contribution < 1.29 is 4.79 Å². The van der Waals surface area contributed by atoms with Gasteiger partial charge in [0.1, 0.15) is 0 Å². The van der Waals surface area contributed by atoms with Crippen LogP contribution in [0, 0.1) is 0 Å². The monoisotopic (exact) mass is 238 g/mol. The molecular formula is C13H10N4O. The smallest absolute Gasteiger partial charge is 0.250 e. The van der Waals surface area contributed by atoms with Crippen molar-refractivity contribution in [2.75, 3.05) is 0 Å². The standard InChI is InChI=1S/C13H10N4O/c14-13(18)10-5-8-3-1-2-4-11(8)17-12(10)9-6-15-16-7-9/h1-7H,(H2,14,18)(H,15,16). The Kier molecular flexibility index (Phi) is 2.30. The van der Waals surface area contributed by atoms with E-state index in [1.165, 1.54) is 0 Å². The van der Waals surface area contributed by atoms with Crippen molar-refractivity contribution in [1.29, 1.82) is 0 Å². The Bertz CT molecular complexity index is 719. The molecule has 0 saturated heterocycles. The first-order valence-electron chi connectivity index (χ1n) is 5.44. The quantitative estimate of drug-likeness (QED) is 0.712. The predicted octanol–water partition coefficient (Wildman–Crippen LogP) is 1.72. The van der Waals surface area contributed by atoms with Crippen LogP contribution in [0.15, 0.2) is 42.7 Å². The zero-order chi connectivity index (χ0) is 12.5. The number of aromatic nitrogens is 3. The van der Waals surface area contributed by atoms with Crippen molar-refractivity contribution in [3.8, 4) is 11.3 Å². The molecule has 2 heterocycles. The summed E-state index contributed by atoms with van der Waals surface area (Å²) in [6.07, 6.45) is 3.30. The third-order valence-electron chi connectivity index (χ3n) is 2.76. The molecule has 5 heteroatoms. The van der Waals surface area contributed by atoms with E-state index < -0.39 is 5.91 Å². The first kappa shape index (κ1) is 10.5. The molecule has 0 radical (unpaired) electrons. The molecule has 3 N–H and O–H groups in total. The van der Waals surface area contributed by atoms with Crippen LogP contribution in [0.3, 0.4) is 0 Å². The summed E-state index contributed by atoms with van der Waals surface area (Å²) < 4.78 is 0. The molecule has 0 aliphatic carbocycles. The molecule has 0 fully saturated rings.